The molecule has 0 aliphatic carbocycles. The monoisotopic (exact) mass is 304 g/mol. The predicted octanol–water partition coefficient (Wildman–Crippen LogP) is 1.44. The van der Waals surface area contributed by atoms with E-state index in [0.29, 0.717) is 24.1 Å². The molecule has 2 aromatic rings. The molecule has 0 spiro atoms. The van der Waals surface area contributed by atoms with Gasteiger partial charge in [-0.05, 0) is 29.9 Å². The van der Waals surface area contributed by atoms with Crippen molar-refractivity contribution in [2.45, 2.75) is 6.61 Å². The Bertz CT molecular complexity index is 680. The zero-order valence-electron chi connectivity index (χ0n) is 10.9. The van der Waals surface area contributed by atoms with Gasteiger partial charge >= 0.3 is 0 Å². The Hall–Kier alpha value is -2.61. The Labute approximate surface area is 126 Å². The van der Waals surface area contributed by atoms with E-state index in [1.165, 1.54) is 12.4 Å². The second-order valence-electron chi connectivity index (χ2n) is 4.21. The summed E-state index contributed by atoms with van der Waals surface area (Å²) in [5, 5.41) is 2.82. The van der Waals surface area contributed by atoms with Crippen LogP contribution >= 0.6 is 12.2 Å². The van der Waals surface area contributed by atoms with Crippen LogP contribution in [0, 0.1) is 0 Å². The van der Waals surface area contributed by atoms with Crippen molar-refractivity contribution in [3.8, 4) is 17.4 Å². The molecule has 1 aromatic carbocycles. The minimum Gasteiger partial charge on any atom is -0.472 e. The van der Waals surface area contributed by atoms with Crippen LogP contribution < -0.4 is 25.3 Å². The Balaban J connectivity index is 1.66. The van der Waals surface area contributed by atoms with Crippen LogP contribution in [0.25, 0.3) is 0 Å². The highest BCUT2D eigenvalue weighted by Gasteiger charge is 2.13. The molecule has 1 aliphatic rings. The number of ether oxygens (including phenoxy) is 3. The van der Waals surface area contributed by atoms with Gasteiger partial charge in [0.05, 0.1) is 12.4 Å². The van der Waals surface area contributed by atoms with Crippen LogP contribution in [0.4, 0.5) is 5.82 Å². The predicted molar refractivity (Wildman–Crippen MR) is 79.3 cm³/mol. The lowest BCUT2D eigenvalue weighted by Crippen LogP contribution is -2.19. The van der Waals surface area contributed by atoms with Crippen LogP contribution in [0.15, 0.2) is 30.6 Å². The lowest BCUT2D eigenvalue weighted by atomic mass is 10.2. The fourth-order valence-electron chi connectivity index (χ4n) is 1.79. The van der Waals surface area contributed by atoms with Crippen molar-refractivity contribution in [1.82, 2.24) is 9.97 Å². The normalized spacial score (nSPS) is 12.0. The molecule has 0 saturated heterocycles. The molecule has 3 N–H and O–H groups in total. The van der Waals surface area contributed by atoms with Crippen LogP contribution in [0.3, 0.4) is 0 Å². The quantitative estimate of drug-likeness (QED) is 0.820. The van der Waals surface area contributed by atoms with Crippen LogP contribution in [0.1, 0.15) is 5.56 Å². The highest BCUT2D eigenvalue weighted by Crippen LogP contribution is 2.32. The first-order valence-electron chi connectivity index (χ1n) is 6.10. The van der Waals surface area contributed by atoms with Gasteiger partial charge in [0.25, 0.3) is 0 Å². The molecule has 0 bridgehead atoms. The Morgan fingerprint density at radius 3 is 3.05 bits per heavy atom. The van der Waals surface area contributed by atoms with Gasteiger partial charge in [-0.1, -0.05) is 6.07 Å². The Morgan fingerprint density at radius 2 is 2.19 bits per heavy atom. The van der Waals surface area contributed by atoms with E-state index >= 15 is 0 Å². The summed E-state index contributed by atoms with van der Waals surface area (Å²) in [5.41, 5.74) is 6.32. The summed E-state index contributed by atoms with van der Waals surface area (Å²) in [7, 11) is 0. The zero-order valence-corrected chi connectivity index (χ0v) is 11.7. The standard InChI is InChI=1S/C13H12N4O3S/c14-13(21)17-11-4-15-5-12(16-11)18-6-8-1-2-9-10(3-8)20-7-19-9/h1-5H,6-7H2,(H3,14,16,17,21). The first-order chi connectivity index (χ1) is 10.2. The molecule has 8 heteroatoms. The average molecular weight is 304 g/mol. The molecular weight excluding hydrogens is 292 g/mol. The number of thiocarbonyl (C=S) groups is 1. The van der Waals surface area contributed by atoms with Crippen molar-refractivity contribution >= 4 is 23.1 Å². The summed E-state index contributed by atoms with van der Waals surface area (Å²) in [6.07, 6.45) is 3.02. The van der Waals surface area contributed by atoms with E-state index in [2.05, 4.69) is 15.3 Å². The van der Waals surface area contributed by atoms with Crippen LogP contribution in [-0.2, 0) is 6.61 Å². The summed E-state index contributed by atoms with van der Waals surface area (Å²) in [6.45, 7) is 0.583. The third-order valence-corrected chi connectivity index (χ3v) is 2.79. The van der Waals surface area contributed by atoms with Crippen molar-refractivity contribution in [3.63, 3.8) is 0 Å². The van der Waals surface area contributed by atoms with Gasteiger partial charge in [-0.2, -0.15) is 4.98 Å². The van der Waals surface area contributed by atoms with Gasteiger partial charge in [-0.25, -0.2) is 0 Å². The lowest BCUT2D eigenvalue weighted by molar-refractivity contribution is 0.174. The minimum absolute atomic E-state index is 0.122. The number of hydrogen-bond acceptors (Lipinski definition) is 6. The molecule has 0 atom stereocenters. The highest BCUT2D eigenvalue weighted by molar-refractivity contribution is 7.80. The van der Waals surface area contributed by atoms with Crippen molar-refractivity contribution in [2.24, 2.45) is 5.73 Å². The number of anilines is 1. The SMILES string of the molecule is NC(=S)Nc1cncc(OCc2ccc3c(c2)OCO3)n1. The van der Waals surface area contributed by atoms with E-state index in [1.54, 1.807) is 0 Å². The van der Waals surface area contributed by atoms with E-state index in [1.807, 2.05) is 18.2 Å². The first kappa shape index (κ1) is 13.4. The number of fused-ring (bicyclic) bond motifs is 1. The second kappa shape index (κ2) is 5.80. The molecule has 7 nitrogen and oxygen atoms in total. The maximum absolute atomic E-state index is 5.58. The number of nitrogens with zero attached hydrogens (tertiary/aromatic N) is 2. The summed E-state index contributed by atoms with van der Waals surface area (Å²) in [5.74, 6) is 2.26. The van der Waals surface area contributed by atoms with Gasteiger partial charge in [0.1, 0.15) is 6.61 Å². The van der Waals surface area contributed by atoms with Crippen molar-refractivity contribution in [3.05, 3.63) is 36.2 Å². The van der Waals surface area contributed by atoms with Crippen LogP contribution in [0.5, 0.6) is 17.4 Å². The number of nitrogens with two attached hydrogens (primary N) is 1. The fraction of sp³-hybridized carbons (Fsp3) is 0.154. The van der Waals surface area contributed by atoms with Gasteiger partial charge in [0.15, 0.2) is 22.4 Å². The largest absolute Gasteiger partial charge is 0.472 e. The Morgan fingerprint density at radius 1 is 1.33 bits per heavy atom. The summed E-state index contributed by atoms with van der Waals surface area (Å²) in [4.78, 5) is 8.18. The molecule has 0 unspecified atom stereocenters. The van der Waals surface area contributed by atoms with Gasteiger partial charge < -0.3 is 25.3 Å². The number of benzene rings is 1. The van der Waals surface area contributed by atoms with Gasteiger partial charge in [-0.15, -0.1) is 0 Å². The summed E-state index contributed by atoms with van der Waals surface area (Å²) >= 11 is 4.74. The molecule has 108 valence electrons. The molecular formula is C13H12N4O3S. The molecule has 1 aliphatic heterocycles. The zero-order chi connectivity index (χ0) is 14.7. The first-order valence-corrected chi connectivity index (χ1v) is 6.51. The topological polar surface area (TPSA) is 91.5 Å². The molecule has 0 fully saturated rings. The van der Waals surface area contributed by atoms with E-state index in [4.69, 9.17) is 32.2 Å². The van der Waals surface area contributed by atoms with Gasteiger partial charge in [0, 0.05) is 0 Å². The summed E-state index contributed by atoms with van der Waals surface area (Å²) < 4.78 is 16.1. The molecule has 0 radical (unpaired) electrons. The lowest BCUT2D eigenvalue weighted by Gasteiger charge is -2.07. The van der Waals surface area contributed by atoms with Gasteiger partial charge in [0.2, 0.25) is 12.7 Å². The molecule has 1 aromatic heterocycles. The van der Waals surface area contributed by atoms with E-state index in [0.717, 1.165) is 11.3 Å². The molecule has 2 heterocycles. The number of hydrogen-bond donors (Lipinski definition) is 2. The fourth-order valence-corrected chi connectivity index (χ4v) is 1.90. The molecule has 0 saturated carbocycles. The van der Waals surface area contributed by atoms with Crippen LogP contribution in [0.2, 0.25) is 0 Å². The van der Waals surface area contributed by atoms with Gasteiger partial charge in [-0.3, -0.25) is 4.98 Å². The maximum atomic E-state index is 5.58. The molecule has 21 heavy (non-hydrogen) atoms. The maximum Gasteiger partial charge on any atom is 0.234 e. The smallest absolute Gasteiger partial charge is 0.234 e. The van der Waals surface area contributed by atoms with Crippen LogP contribution in [-0.4, -0.2) is 21.9 Å². The van der Waals surface area contributed by atoms with Crippen molar-refractivity contribution < 1.29 is 14.2 Å². The highest BCUT2D eigenvalue weighted by atomic mass is 32.1. The Kier molecular flexibility index (Phi) is 3.69. The molecule has 3 rings (SSSR count). The number of aromatic nitrogens is 2. The van der Waals surface area contributed by atoms with E-state index < -0.39 is 0 Å². The van der Waals surface area contributed by atoms with E-state index in [9.17, 15) is 0 Å². The average Bonchev–Trinajstić information content (AvgIpc) is 2.92. The number of nitrogens with one attached hydrogen (secondary N) is 1. The molecule has 0 amide bonds. The summed E-state index contributed by atoms with van der Waals surface area (Å²) in [6, 6.07) is 5.61. The van der Waals surface area contributed by atoms with Crippen molar-refractivity contribution in [1.29, 1.82) is 0 Å². The van der Waals surface area contributed by atoms with E-state index in [-0.39, 0.29) is 11.9 Å². The second-order valence-corrected chi connectivity index (χ2v) is 4.65. The number of rotatable bonds is 4. The minimum atomic E-state index is 0.122. The third kappa shape index (κ3) is 3.29. The van der Waals surface area contributed by atoms with Crippen molar-refractivity contribution in [2.75, 3.05) is 12.1 Å². The third-order valence-electron chi connectivity index (χ3n) is 2.69.